The Bertz CT molecular complexity index is 1490. The van der Waals surface area contributed by atoms with E-state index in [1.807, 2.05) is 30.5 Å². The van der Waals surface area contributed by atoms with Gasteiger partial charge in [0.25, 0.3) is 6.47 Å². The van der Waals surface area contributed by atoms with Crippen LogP contribution in [0.2, 0.25) is 0 Å². The van der Waals surface area contributed by atoms with Crippen molar-refractivity contribution >= 4 is 40.2 Å². The van der Waals surface area contributed by atoms with Crippen molar-refractivity contribution in [1.29, 1.82) is 0 Å². The van der Waals surface area contributed by atoms with Gasteiger partial charge in [-0.3, -0.25) is 4.79 Å². The number of H-pyrrole nitrogens is 1. The van der Waals surface area contributed by atoms with Gasteiger partial charge >= 0.3 is 0 Å². The van der Waals surface area contributed by atoms with Crippen LogP contribution in [0.4, 0.5) is 16.0 Å². The fourth-order valence-corrected chi connectivity index (χ4v) is 4.02. The lowest BCUT2D eigenvalue weighted by Crippen LogP contribution is -2.02. The molecule has 0 amide bonds. The summed E-state index contributed by atoms with van der Waals surface area (Å²) in [6.07, 6.45) is 5.07. The van der Waals surface area contributed by atoms with E-state index in [1.54, 1.807) is 12.1 Å². The third-order valence-electron chi connectivity index (χ3n) is 5.81. The lowest BCUT2D eigenvalue weighted by molar-refractivity contribution is -0.122. The van der Waals surface area contributed by atoms with Crippen molar-refractivity contribution in [1.82, 2.24) is 19.5 Å². The molecule has 0 spiro atoms. The van der Waals surface area contributed by atoms with E-state index in [4.69, 9.17) is 24.6 Å². The number of fused-ring (bicyclic) bond motifs is 2. The Labute approximate surface area is 200 Å². The third-order valence-corrected chi connectivity index (χ3v) is 5.81. The van der Waals surface area contributed by atoms with Crippen molar-refractivity contribution < 1.29 is 19.0 Å². The molecule has 3 N–H and O–H groups in total. The number of halogens is 1. The molecular weight excluding hydrogens is 449 g/mol. The number of hydrogen-bond acceptors (Lipinski definition) is 5. The van der Waals surface area contributed by atoms with E-state index in [2.05, 4.69) is 27.9 Å². The van der Waals surface area contributed by atoms with E-state index in [0.717, 1.165) is 58.7 Å². The van der Waals surface area contributed by atoms with Crippen molar-refractivity contribution in [3.05, 3.63) is 72.3 Å². The number of carboxylic acid groups (broad SMARTS) is 1. The molecule has 3 heterocycles. The molecule has 6 rings (SSSR count). The van der Waals surface area contributed by atoms with Crippen LogP contribution in [0.25, 0.3) is 22.1 Å². The van der Waals surface area contributed by atoms with Gasteiger partial charge in [0.1, 0.15) is 22.8 Å². The summed E-state index contributed by atoms with van der Waals surface area (Å²) in [6, 6.07) is 16.4. The maximum Gasteiger partial charge on any atom is 0.290 e. The van der Waals surface area contributed by atoms with Crippen LogP contribution >= 0.6 is 0 Å². The third kappa shape index (κ3) is 4.65. The molecule has 178 valence electrons. The molecule has 0 radical (unpaired) electrons. The lowest BCUT2D eigenvalue weighted by atomic mass is 10.2. The number of aromatic amines is 1. The Hall–Kier alpha value is -4.40. The number of hydrogen-bond donors (Lipinski definition) is 3. The fraction of sp³-hybridized carbons (Fsp3) is 0.192. The second kappa shape index (κ2) is 9.46. The minimum Gasteiger partial charge on any atom is -0.483 e. The van der Waals surface area contributed by atoms with Crippen molar-refractivity contribution in [3.63, 3.8) is 0 Å². The number of nitrogens with zero attached hydrogens (tertiary/aromatic N) is 3. The summed E-state index contributed by atoms with van der Waals surface area (Å²) >= 11 is 0. The standard InChI is InChI=1S/C25H22FN5O.CH2O2/c1-2-16-5-11-21-24(28-16)22(14-27-21)30-25-29-20-12-10-19(13-23(20)31(25)17-6-7-17)32-18-8-3-15(26)4-9-18;2-1-3/h3-5,8-14,17,27H,2,6-7H2,1H3,(H,29,30);1H,(H,2,3). The first kappa shape index (κ1) is 22.4. The van der Waals surface area contributed by atoms with E-state index in [0.29, 0.717) is 17.5 Å². The molecule has 5 aromatic rings. The van der Waals surface area contributed by atoms with Crippen molar-refractivity contribution in [2.45, 2.75) is 32.2 Å². The second-order valence-corrected chi connectivity index (χ2v) is 8.23. The molecule has 1 aliphatic carbocycles. The van der Waals surface area contributed by atoms with Gasteiger partial charge in [0, 0.05) is 24.0 Å². The number of ether oxygens (including phenoxy) is 1. The van der Waals surface area contributed by atoms with Gasteiger partial charge in [-0.2, -0.15) is 0 Å². The largest absolute Gasteiger partial charge is 0.483 e. The zero-order valence-electron chi connectivity index (χ0n) is 19.0. The van der Waals surface area contributed by atoms with Crippen molar-refractivity contribution in [3.8, 4) is 11.5 Å². The summed E-state index contributed by atoms with van der Waals surface area (Å²) in [5.41, 5.74) is 5.78. The molecule has 2 aromatic carbocycles. The van der Waals surface area contributed by atoms with E-state index >= 15 is 0 Å². The summed E-state index contributed by atoms with van der Waals surface area (Å²) < 4.78 is 21.4. The van der Waals surface area contributed by atoms with Gasteiger partial charge in [0.2, 0.25) is 5.95 Å². The number of carbonyl (C=O) groups is 1. The Balaban J connectivity index is 0.000000806. The van der Waals surface area contributed by atoms with Gasteiger partial charge < -0.3 is 24.7 Å². The highest BCUT2D eigenvalue weighted by atomic mass is 19.1. The summed E-state index contributed by atoms with van der Waals surface area (Å²) in [5.74, 6) is 1.80. The number of benzene rings is 2. The number of imidazole rings is 1. The Morgan fingerprint density at radius 2 is 1.89 bits per heavy atom. The molecule has 8 nitrogen and oxygen atoms in total. The van der Waals surface area contributed by atoms with Crippen molar-refractivity contribution in [2.24, 2.45) is 0 Å². The Morgan fingerprint density at radius 3 is 2.60 bits per heavy atom. The van der Waals surface area contributed by atoms with Gasteiger partial charge in [-0.15, -0.1) is 0 Å². The number of aryl methyl sites for hydroxylation is 1. The van der Waals surface area contributed by atoms with Crippen molar-refractivity contribution in [2.75, 3.05) is 5.32 Å². The van der Waals surface area contributed by atoms with Gasteiger partial charge in [0.15, 0.2) is 0 Å². The number of anilines is 2. The predicted molar refractivity (Wildman–Crippen MR) is 132 cm³/mol. The summed E-state index contributed by atoms with van der Waals surface area (Å²) in [4.78, 5) is 21.3. The molecular formula is C26H24FN5O3. The van der Waals surface area contributed by atoms with Gasteiger partial charge in [0.05, 0.1) is 22.2 Å². The number of rotatable bonds is 6. The normalized spacial score (nSPS) is 12.9. The second-order valence-electron chi connectivity index (χ2n) is 8.23. The maximum atomic E-state index is 13.2. The van der Waals surface area contributed by atoms with E-state index in [9.17, 15) is 4.39 Å². The first-order valence-electron chi connectivity index (χ1n) is 11.4. The van der Waals surface area contributed by atoms with Crippen LogP contribution in [0.3, 0.4) is 0 Å². The monoisotopic (exact) mass is 473 g/mol. The molecule has 1 aliphatic rings. The fourth-order valence-electron chi connectivity index (χ4n) is 4.02. The molecule has 35 heavy (non-hydrogen) atoms. The van der Waals surface area contributed by atoms with Crippen LogP contribution in [0, 0.1) is 5.82 Å². The Morgan fingerprint density at radius 1 is 1.14 bits per heavy atom. The average Bonchev–Trinajstić information content (AvgIpc) is 3.53. The zero-order valence-corrected chi connectivity index (χ0v) is 19.0. The topological polar surface area (TPSA) is 105 Å². The summed E-state index contributed by atoms with van der Waals surface area (Å²) in [6.45, 7) is 1.85. The summed E-state index contributed by atoms with van der Waals surface area (Å²) in [5, 5.41) is 10.4. The predicted octanol–water partition coefficient (Wildman–Crippen LogP) is 6.19. The molecule has 9 heteroatoms. The van der Waals surface area contributed by atoms with E-state index < -0.39 is 0 Å². The minimum absolute atomic E-state index is 0.250. The zero-order chi connectivity index (χ0) is 24.4. The highest BCUT2D eigenvalue weighted by Gasteiger charge is 2.29. The lowest BCUT2D eigenvalue weighted by Gasteiger charge is -2.10. The SMILES string of the molecule is CCc1ccc2[nH]cc(Nc3nc4ccc(Oc5ccc(F)cc5)cc4n3C3CC3)c2n1.O=CO. The molecule has 1 saturated carbocycles. The molecule has 0 saturated heterocycles. The maximum absolute atomic E-state index is 13.2. The molecule has 1 fully saturated rings. The van der Waals surface area contributed by atoms with Gasteiger partial charge in [-0.1, -0.05) is 6.92 Å². The molecule has 3 aromatic heterocycles. The number of nitrogens with one attached hydrogen (secondary N) is 2. The first-order valence-corrected chi connectivity index (χ1v) is 11.4. The van der Waals surface area contributed by atoms with Crippen LogP contribution in [-0.4, -0.2) is 31.1 Å². The summed E-state index contributed by atoms with van der Waals surface area (Å²) in [7, 11) is 0. The van der Waals surface area contributed by atoms with Crippen LogP contribution in [-0.2, 0) is 11.2 Å². The first-order chi connectivity index (χ1) is 17.1. The number of pyridine rings is 1. The van der Waals surface area contributed by atoms with Crippen LogP contribution < -0.4 is 10.1 Å². The highest BCUT2D eigenvalue weighted by molar-refractivity contribution is 5.91. The van der Waals surface area contributed by atoms with Gasteiger partial charge in [-0.25, -0.2) is 14.4 Å². The molecule has 0 aliphatic heterocycles. The average molecular weight is 474 g/mol. The molecule has 0 atom stereocenters. The molecule has 0 unspecified atom stereocenters. The smallest absolute Gasteiger partial charge is 0.290 e. The van der Waals surface area contributed by atoms with Gasteiger partial charge in [-0.05, 0) is 67.8 Å². The minimum atomic E-state index is -0.284. The van der Waals surface area contributed by atoms with Crippen LogP contribution in [0.1, 0.15) is 31.5 Å². The highest BCUT2D eigenvalue weighted by Crippen LogP contribution is 2.42. The van der Waals surface area contributed by atoms with Crippen LogP contribution in [0.5, 0.6) is 11.5 Å². The van der Waals surface area contributed by atoms with E-state index in [-0.39, 0.29) is 12.3 Å². The number of aromatic nitrogens is 4. The van der Waals surface area contributed by atoms with E-state index in [1.165, 1.54) is 12.1 Å². The van der Waals surface area contributed by atoms with Crippen LogP contribution in [0.15, 0.2) is 60.8 Å². The molecule has 0 bridgehead atoms. The quantitative estimate of drug-likeness (QED) is 0.254. The Kier molecular flexibility index (Phi) is 6.05.